The number of morpholine rings is 1. The van der Waals surface area contributed by atoms with Gasteiger partial charge in [0.1, 0.15) is 0 Å². The van der Waals surface area contributed by atoms with E-state index in [1.54, 1.807) is 5.01 Å². The highest BCUT2D eigenvalue weighted by molar-refractivity contribution is 6.08. The zero-order chi connectivity index (χ0) is 21.0. The highest BCUT2D eigenvalue weighted by Crippen LogP contribution is 2.44. The van der Waals surface area contributed by atoms with Gasteiger partial charge in [-0.2, -0.15) is 5.10 Å². The first-order valence-electron chi connectivity index (χ1n) is 11.3. The SMILES string of the molecule is O=C(CN1CCOCC1)N1N=C2/C(=C/c3ccccc3)CCC[C@H]2[C@@H]1c1ccccc1. The Balaban J connectivity index is 1.47. The molecule has 3 aliphatic rings. The number of rotatable bonds is 4. The quantitative estimate of drug-likeness (QED) is 0.754. The second-order valence-corrected chi connectivity index (χ2v) is 8.55. The van der Waals surface area contributed by atoms with Gasteiger partial charge < -0.3 is 4.74 Å². The molecule has 160 valence electrons. The molecule has 0 bridgehead atoms. The molecule has 0 N–H and O–H groups in total. The highest BCUT2D eigenvalue weighted by atomic mass is 16.5. The van der Waals surface area contributed by atoms with E-state index in [-0.39, 0.29) is 17.9 Å². The fourth-order valence-corrected chi connectivity index (χ4v) is 4.96. The minimum absolute atomic E-state index is 0.0239. The van der Waals surface area contributed by atoms with Gasteiger partial charge in [0.2, 0.25) is 0 Å². The molecule has 2 fully saturated rings. The van der Waals surface area contributed by atoms with E-state index in [0.717, 1.165) is 38.1 Å². The molecule has 2 heterocycles. The number of carbonyl (C=O) groups excluding carboxylic acids is 1. The van der Waals surface area contributed by atoms with E-state index in [4.69, 9.17) is 9.84 Å². The van der Waals surface area contributed by atoms with Crippen LogP contribution < -0.4 is 0 Å². The van der Waals surface area contributed by atoms with Crippen molar-refractivity contribution < 1.29 is 9.53 Å². The van der Waals surface area contributed by atoms with Crippen molar-refractivity contribution in [1.29, 1.82) is 0 Å². The molecular formula is C26H29N3O2. The number of nitrogens with zero attached hydrogens (tertiary/aromatic N) is 3. The third kappa shape index (κ3) is 4.34. The molecule has 2 aromatic rings. The number of amides is 1. The summed E-state index contributed by atoms with van der Waals surface area (Å²) < 4.78 is 5.44. The zero-order valence-electron chi connectivity index (χ0n) is 17.8. The first kappa shape index (κ1) is 20.2. The number of hydrogen-bond donors (Lipinski definition) is 0. The van der Waals surface area contributed by atoms with Gasteiger partial charge in [0, 0.05) is 19.0 Å². The number of fused-ring (bicyclic) bond motifs is 1. The topological polar surface area (TPSA) is 45.1 Å². The molecule has 2 aromatic carbocycles. The summed E-state index contributed by atoms with van der Waals surface area (Å²) in [6.45, 7) is 3.38. The van der Waals surface area contributed by atoms with E-state index in [0.29, 0.717) is 19.8 Å². The number of hydrogen-bond acceptors (Lipinski definition) is 4. The van der Waals surface area contributed by atoms with Gasteiger partial charge in [0.25, 0.3) is 5.91 Å². The molecule has 1 amide bonds. The van der Waals surface area contributed by atoms with Crippen LogP contribution in [-0.4, -0.2) is 54.4 Å². The number of carbonyl (C=O) groups is 1. The lowest BCUT2D eigenvalue weighted by Gasteiger charge is -2.31. The Bertz CT molecular complexity index is 965. The normalized spacial score (nSPS) is 25.4. The molecule has 5 rings (SSSR count). The van der Waals surface area contributed by atoms with Crippen molar-refractivity contribution in [3.05, 3.63) is 77.4 Å². The van der Waals surface area contributed by atoms with Crippen molar-refractivity contribution in [2.24, 2.45) is 11.0 Å². The Morgan fingerprint density at radius 1 is 1.03 bits per heavy atom. The Morgan fingerprint density at radius 3 is 2.48 bits per heavy atom. The molecule has 1 saturated heterocycles. The van der Waals surface area contributed by atoms with Crippen LogP contribution in [0.5, 0.6) is 0 Å². The summed E-state index contributed by atoms with van der Waals surface area (Å²) in [5.74, 6) is 0.330. The average molecular weight is 416 g/mol. The van der Waals surface area contributed by atoms with Crippen molar-refractivity contribution in [1.82, 2.24) is 9.91 Å². The van der Waals surface area contributed by atoms with E-state index in [1.165, 1.54) is 16.7 Å². The maximum Gasteiger partial charge on any atom is 0.257 e. The molecule has 1 saturated carbocycles. The van der Waals surface area contributed by atoms with Crippen LogP contribution >= 0.6 is 0 Å². The van der Waals surface area contributed by atoms with Crippen LogP contribution in [0.25, 0.3) is 6.08 Å². The average Bonchev–Trinajstić information content (AvgIpc) is 3.22. The van der Waals surface area contributed by atoms with Gasteiger partial charge >= 0.3 is 0 Å². The van der Waals surface area contributed by atoms with Gasteiger partial charge in [-0.15, -0.1) is 0 Å². The molecular weight excluding hydrogens is 386 g/mol. The Morgan fingerprint density at radius 2 is 1.74 bits per heavy atom. The number of benzene rings is 2. The summed E-state index contributed by atoms with van der Waals surface area (Å²) in [5.41, 5.74) is 4.72. The largest absolute Gasteiger partial charge is 0.379 e. The van der Waals surface area contributed by atoms with Crippen molar-refractivity contribution in [2.45, 2.75) is 25.3 Å². The van der Waals surface area contributed by atoms with Gasteiger partial charge in [-0.25, -0.2) is 5.01 Å². The molecule has 31 heavy (non-hydrogen) atoms. The van der Waals surface area contributed by atoms with Gasteiger partial charge in [0.05, 0.1) is 31.5 Å². The van der Waals surface area contributed by atoms with E-state index < -0.39 is 0 Å². The lowest BCUT2D eigenvalue weighted by molar-refractivity contribution is -0.135. The van der Waals surface area contributed by atoms with Gasteiger partial charge in [-0.1, -0.05) is 60.7 Å². The molecule has 5 nitrogen and oxygen atoms in total. The van der Waals surface area contributed by atoms with Crippen LogP contribution in [0.2, 0.25) is 0 Å². The molecule has 2 aliphatic heterocycles. The summed E-state index contributed by atoms with van der Waals surface area (Å²) in [7, 11) is 0. The summed E-state index contributed by atoms with van der Waals surface area (Å²) in [6.07, 6.45) is 5.45. The van der Waals surface area contributed by atoms with Crippen LogP contribution in [0.15, 0.2) is 71.3 Å². The standard InChI is InChI=1S/C26H29N3O2/c30-24(19-28-14-16-31-17-15-28)29-26(21-10-5-2-6-11-21)23-13-7-12-22(25(23)27-29)18-20-8-3-1-4-9-20/h1-6,8-11,18,23,26H,7,12-17,19H2/b22-18+/t23-,26+/m1/s1. The van der Waals surface area contributed by atoms with Gasteiger partial charge in [-0.3, -0.25) is 9.69 Å². The van der Waals surface area contributed by atoms with Crippen LogP contribution in [0.4, 0.5) is 0 Å². The van der Waals surface area contributed by atoms with Crippen molar-refractivity contribution in [3.8, 4) is 0 Å². The van der Waals surface area contributed by atoms with Crippen LogP contribution in [0.1, 0.15) is 36.4 Å². The summed E-state index contributed by atoms with van der Waals surface area (Å²) in [5, 5.41) is 6.77. The second kappa shape index (κ2) is 9.16. The predicted octanol–water partition coefficient (Wildman–Crippen LogP) is 4.14. The first-order chi connectivity index (χ1) is 15.3. The predicted molar refractivity (Wildman–Crippen MR) is 122 cm³/mol. The first-order valence-corrected chi connectivity index (χ1v) is 11.3. The van der Waals surface area contributed by atoms with Crippen molar-refractivity contribution >= 4 is 17.7 Å². The van der Waals surface area contributed by atoms with Gasteiger partial charge in [-0.05, 0) is 42.0 Å². The minimum Gasteiger partial charge on any atom is -0.379 e. The zero-order valence-corrected chi connectivity index (χ0v) is 17.8. The van der Waals surface area contributed by atoms with Crippen LogP contribution in [-0.2, 0) is 9.53 Å². The minimum atomic E-state index is -0.0239. The lowest BCUT2D eigenvalue weighted by Crippen LogP contribution is -2.44. The van der Waals surface area contributed by atoms with Crippen LogP contribution in [0, 0.1) is 5.92 Å². The lowest BCUT2D eigenvalue weighted by atomic mass is 9.77. The van der Waals surface area contributed by atoms with E-state index >= 15 is 0 Å². The third-order valence-corrected chi connectivity index (χ3v) is 6.50. The molecule has 0 spiro atoms. The Hall–Kier alpha value is -2.76. The smallest absolute Gasteiger partial charge is 0.257 e. The highest BCUT2D eigenvalue weighted by Gasteiger charge is 2.43. The molecule has 0 aromatic heterocycles. The van der Waals surface area contributed by atoms with E-state index in [1.807, 2.05) is 12.1 Å². The van der Waals surface area contributed by atoms with E-state index in [2.05, 4.69) is 59.5 Å². The van der Waals surface area contributed by atoms with Gasteiger partial charge in [0.15, 0.2) is 0 Å². The van der Waals surface area contributed by atoms with Crippen molar-refractivity contribution in [2.75, 3.05) is 32.8 Å². The Labute approximate surface area is 184 Å². The molecule has 0 unspecified atom stereocenters. The maximum absolute atomic E-state index is 13.4. The molecule has 2 atom stereocenters. The van der Waals surface area contributed by atoms with E-state index in [9.17, 15) is 4.79 Å². The molecule has 0 radical (unpaired) electrons. The number of ether oxygens (including phenoxy) is 1. The summed E-state index contributed by atoms with van der Waals surface area (Å²) in [6, 6.07) is 20.8. The molecule has 1 aliphatic carbocycles. The second-order valence-electron chi connectivity index (χ2n) is 8.55. The maximum atomic E-state index is 13.4. The third-order valence-electron chi connectivity index (χ3n) is 6.50. The monoisotopic (exact) mass is 415 g/mol. The summed E-state index contributed by atoms with van der Waals surface area (Å²) in [4.78, 5) is 15.6. The summed E-state index contributed by atoms with van der Waals surface area (Å²) >= 11 is 0. The number of hydrazone groups is 1. The van der Waals surface area contributed by atoms with Crippen LogP contribution in [0.3, 0.4) is 0 Å². The van der Waals surface area contributed by atoms with Crippen molar-refractivity contribution in [3.63, 3.8) is 0 Å². The Kier molecular flexibility index (Phi) is 5.96. The fraction of sp³-hybridized carbons (Fsp3) is 0.385. The number of allylic oxidation sites excluding steroid dienone is 1. The molecule has 5 heteroatoms. The fourth-order valence-electron chi connectivity index (χ4n) is 4.96.